The van der Waals surface area contributed by atoms with Crippen LogP contribution in [0.3, 0.4) is 0 Å². The lowest BCUT2D eigenvalue weighted by Crippen LogP contribution is -2.30. The topological polar surface area (TPSA) is 17.1 Å². The lowest BCUT2D eigenvalue weighted by atomic mass is 9.70. The summed E-state index contributed by atoms with van der Waals surface area (Å²) in [7, 11) is 0. The monoisotopic (exact) mass is 344 g/mol. The molecule has 0 amide bonds. The predicted octanol–water partition coefficient (Wildman–Crippen LogP) is 5.12. The standard InChI is InChI=1S/C14H11BrCl2O/c15-12-7-9-10(1-2-11(16)13(9)17)14(12)5-3-8(18)4-6-14/h1-2,7H,3-6H2. The fourth-order valence-electron chi connectivity index (χ4n) is 2.98. The maximum Gasteiger partial charge on any atom is 0.133 e. The quantitative estimate of drug-likeness (QED) is 0.637. The summed E-state index contributed by atoms with van der Waals surface area (Å²) in [5, 5.41) is 1.19. The van der Waals surface area contributed by atoms with Crippen molar-refractivity contribution in [2.75, 3.05) is 0 Å². The lowest BCUT2D eigenvalue weighted by molar-refractivity contribution is -0.121. The first-order chi connectivity index (χ1) is 8.54. The zero-order chi connectivity index (χ0) is 12.9. The second-order valence-electron chi connectivity index (χ2n) is 4.94. The molecule has 0 bridgehead atoms. The van der Waals surface area contributed by atoms with E-state index in [0.29, 0.717) is 28.7 Å². The van der Waals surface area contributed by atoms with Crippen LogP contribution in [0.5, 0.6) is 0 Å². The molecule has 1 spiro atoms. The van der Waals surface area contributed by atoms with Crippen LogP contribution in [0.4, 0.5) is 0 Å². The number of carbonyl (C=O) groups is 1. The smallest absolute Gasteiger partial charge is 0.133 e. The number of Topliss-reactive ketones (excluding diaryl/α,β-unsaturated/α-hetero) is 1. The van der Waals surface area contributed by atoms with Gasteiger partial charge in [0, 0.05) is 22.7 Å². The minimum Gasteiger partial charge on any atom is -0.300 e. The van der Waals surface area contributed by atoms with Gasteiger partial charge in [-0.05, 0) is 36.1 Å². The molecule has 0 radical (unpaired) electrons. The zero-order valence-corrected chi connectivity index (χ0v) is 12.7. The van der Waals surface area contributed by atoms with Crippen molar-refractivity contribution >= 4 is 51.0 Å². The van der Waals surface area contributed by atoms with E-state index in [1.165, 1.54) is 5.56 Å². The van der Waals surface area contributed by atoms with Crippen molar-refractivity contribution < 1.29 is 4.79 Å². The molecule has 3 rings (SSSR count). The summed E-state index contributed by atoms with van der Waals surface area (Å²) in [5.41, 5.74) is 2.15. The summed E-state index contributed by atoms with van der Waals surface area (Å²) in [6.07, 6.45) is 5.05. The Hall–Kier alpha value is -0.310. The Morgan fingerprint density at radius 3 is 2.50 bits per heavy atom. The van der Waals surface area contributed by atoms with Crippen molar-refractivity contribution in [2.24, 2.45) is 0 Å². The van der Waals surface area contributed by atoms with Crippen molar-refractivity contribution in [3.05, 3.63) is 37.8 Å². The van der Waals surface area contributed by atoms with E-state index in [0.717, 1.165) is 22.9 Å². The van der Waals surface area contributed by atoms with Crippen LogP contribution in [0.2, 0.25) is 10.0 Å². The molecule has 1 aromatic rings. The molecule has 1 fully saturated rings. The molecule has 0 heterocycles. The molecule has 0 unspecified atom stereocenters. The van der Waals surface area contributed by atoms with Crippen LogP contribution >= 0.6 is 39.1 Å². The van der Waals surface area contributed by atoms with Crippen LogP contribution in [0.1, 0.15) is 36.8 Å². The Morgan fingerprint density at radius 2 is 1.83 bits per heavy atom. The largest absolute Gasteiger partial charge is 0.300 e. The second kappa shape index (κ2) is 4.36. The molecule has 94 valence electrons. The van der Waals surface area contributed by atoms with Crippen molar-refractivity contribution in [3.63, 3.8) is 0 Å². The van der Waals surface area contributed by atoms with E-state index in [4.69, 9.17) is 23.2 Å². The first-order valence-corrected chi connectivity index (χ1v) is 7.47. The van der Waals surface area contributed by atoms with Crippen molar-refractivity contribution in [3.8, 4) is 0 Å². The van der Waals surface area contributed by atoms with Crippen LogP contribution in [0.15, 0.2) is 16.6 Å². The third-order valence-corrected chi connectivity index (χ3v) is 5.84. The van der Waals surface area contributed by atoms with E-state index >= 15 is 0 Å². The highest BCUT2D eigenvalue weighted by atomic mass is 79.9. The van der Waals surface area contributed by atoms with Crippen LogP contribution < -0.4 is 0 Å². The fourth-order valence-corrected chi connectivity index (χ4v) is 4.21. The molecule has 0 aliphatic heterocycles. The lowest BCUT2D eigenvalue weighted by Gasteiger charge is -2.35. The van der Waals surface area contributed by atoms with Gasteiger partial charge in [-0.15, -0.1) is 0 Å². The van der Waals surface area contributed by atoms with Crippen LogP contribution in [-0.4, -0.2) is 5.78 Å². The maximum atomic E-state index is 11.5. The molecule has 0 atom stereocenters. The van der Waals surface area contributed by atoms with Crippen molar-refractivity contribution in [1.82, 2.24) is 0 Å². The number of fused-ring (bicyclic) bond motifs is 2. The number of halogens is 3. The van der Waals surface area contributed by atoms with Gasteiger partial charge in [0.05, 0.1) is 10.0 Å². The van der Waals surface area contributed by atoms with Gasteiger partial charge < -0.3 is 0 Å². The average molecular weight is 346 g/mol. The average Bonchev–Trinajstić information content (AvgIpc) is 2.63. The number of hydrogen-bond donors (Lipinski definition) is 0. The van der Waals surface area contributed by atoms with Gasteiger partial charge in [-0.2, -0.15) is 0 Å². The van der Waals surface area contributed by atoms with Gasteiger partial charge in [0.15, 0.2) is 0 Å². The zero-order valence-electron chi connectivity index (χ0n) is 9.60. The fraction of sp³-hybridized carbons (Fsp3) is 0.357. The Kier molecular flexibility index (Phi) is 3.08. The highest BCUT2D eigenvalue weighted by Gasteiger charge is 2.43. The molecule has 4 heteroatoms. The summed E-state index contributed by atoms with van der Waals surface area (Å²) >= 11 is 16.0. The van der Waals surface area contributed by atoms with Gasteiger partial charge in [0.25, 0.3) is 0 Å². The summed E-state index contributed by atoms with van der Waals surface area (Å²) in [6.45, 7) is 0. The normalized spacial score (nSPS) is 21.1. The van der Waals surface area contributed by atoms with Gasteiger partial charge in [-0.3, -0.25) is 4.79 Å². The van der Waals surface area contributed by atoms with Crippen LogP contribution in [0.25, 0.3) is 6.08 Å². The van der Waals surface area contributed by atoms with E-state index in [9.17, 15) is 4.79 Å². The van der Waals surface area contributed by atoms with E-state index in [1.54, 1.807) is 0 Å². The van der Waals surface area contributed by atoms with Gasteiger partial charge >= 0.3 is 0 Å². The highest BCUT2D eigenvalue weighted by Crippen LogP contribution is 2.54. The van der Waals surface area contributed by atoms with Crippen molar-refractivity contribution in [2.45, 2.75) is 31.1 Å². The summed E-state index contributed by atoms with van der Waals surface area (Å²) in [4.78, 5) is 11.5. The number of hydrogen-bond acceptors (Lipinski definition) is 1. The van der Waals surface area contributed by atoms with Gasteiger partial charge in [-0.25, -0.2) is 0 Å². The number of allylic oxidation sites excluding steroid dienone is 1. The van der Waals surface area contributed by atoms with Crippen molar-refractivity contribution in [1.29, 1.82) is 0 Å². The minimum atomic E-state index is -0.0581. The number of benzene rings is 1. The molecule has 0 saturated heterocycles. The molecule has 2 aliphatic rings. The Labute approximate surface area is 124 Å². The third-order valence-electron chi connectivity index (χ3n) is 4.04. The van der Waals surface area contributed by atoms with Gasteiger partial charge in [0.2, 0.25) is 0 Å². The van der Waals surface area contributed by atoms with E-state index in [1.807, 2.05) is 12.1 Å². The van der Waals surface area contributed by atoms with Crippen LogP contribution in [0, 0.1) is 0 Å². The molecule has 0 aromatic heterocycles. The molecule has 1 nitrogen and oxygen atoms in total. The highest BCUT2D eigenvalue weighted by molar-refractivity contribution is 9.11. The van der Waals surface area contributed by atoms with Gasteiger partial charge in [0.1, 0.15) is 5.78 Å². The number of ketones is 1. The number of carbonyl (C=O) groups excluding carboxylic acids is 1. The molecule has 0 N–H and O–H groups in total. The molecule has 2 aliphatic carbocycles. The van der Waals surface area contributed by atoms with E-state index < -0.39 is 0 Å². The maximum absolute atomic E-state index is 11.5. The SMILES string of the molecule is O=C1CCC2(CC1)C(Br)=Cc1c2ccc(Cl)c1Cl. The van der Waals surface area contributed by atoms with E-state index in [2.05, 4.69) is 22.0 Å². The third kappa shape index (κ3) is 1.70. The second-order valence-corrected chi connectivity index (χ2v) is 6.58. The Bertz CT molecular complexity index is 567. The van der Waals surface area contributed by atoms with Crippen LogP contribution in [-0.2, 0) is 10.2 Å². The Balaban J connectivity index is 2.14. The molecule has 1 aromatic carbocycles. The minimum absolute atomic E-state index is 0.0581. The molecular formula is C14H11BrCl2O. The molecule has 1 saturated carbocycles. The number of rotatable bonds is 0. The first-order valence-electron chi connectivity index (χ1n) is 5.92. The Morgan fingerprint density at radius 1 is 1.17 bits per heavy atom. The predicted molar refractivity (Wildman–Crippen MR) is 78.5 cm³/mol. The van der Waals surface area contributed by atoms with E-state index in [-0.39, 0.29) is 5.41 Å². The van der Waals surface area contributed by atoms with Gasteiger partial charge in [-0.1, -0.05) is 45.2 Å². The summed E-state index contributed by atoms with van der Waals surface area (Å²) in [5.74, 6) is 0.356. The summed E-state index contributed by atoms with van der Waals surface area (Å²) in [6, 6.07) is 3.89. The molecule has 18 heavy (non-hydrogen) atoms. The first kappa shape index (κ1) is 12.7. The molecular weight excluding hydrogens is 335 g/mol. The summed E-state index contributed by atoms with van der Waals surface area (Å²) < 4.78 is 1.13.